The molecule has 5 heteroatoms. The van der Waals surface area contributed by atoms with Crippen molar-refractivity contribution in [2.24, 2.45) is 0 Å². The number of carbonyl (C=O) groups is 1. The van der Waals surface area contributed by atoms with Gasteiger partial charge in [0.05, 0.1) is 0 Å². The van der Waals surface area contributed by atoms with Gasteiger partial charge in [-0.05, 0) is 76.1 Å². The predicted molar refractivity (Wildman–Crippen MR) is 110 cm³/mol. The summed E-state index contributed by atoms with van der Waals surface area (Å²) >= 11 is 0. The van der Waals surface area contributed by atoms with Crippen molar-refractivity contribution in [2.75, 3.05) is 17.2 Å². The second-order valence-corrected chi connectivity index (χ2v) is 7.28. The first-order valence-corrected chi connectivity index (χ1v) is 9.67. The molecule has 0 aliphatic heterocycles. The summed E-state index contributed by atoms with van der Waals surface area (Å²) in [6, 6.07) is 7.72. The molecular weight excluding hydrogens is 336 g/mol. The highest BCUT2D eigenvalue weighted by molar-refractivity contribution is 6.03. The van der Waals surface area contributed by atoms with Crippen molar-refractivity contribution in [1.29, 1.82) is 0 Å². The van der Waals surface area contributed by atoms with Crippen LogP contribution in [-0.4, -0.2) is 22.4 Å². The first-order chi connectivity index (χ1) is 13.0. The molecule has 2 aromatic rings. The number of allylic oxidation sites excluding steroid dienone is 1. The highest BCUT2D eigenvalue weighted by Crippen LogP contribution is 2.20. The Hall–Kier alpha value is -2.69. The lowest BCUT2D eigenvalue weighted by atomic mass is 9.97. The Labute approximate surface area is 161 Å². The minimum atomic E-state index is -0.216. The van der Waals surface area contributed by atoms with Crippen molar-refractivity contribution in [2.45, 2.75) is 52.9 Å². The van der Waals surface area contributed by atoms with Gasteiger partial charge in [-0.2, -0.15) is 0 Å². The minimum absolute atomic E-state index is 0.216. The Bertz CT molecular complexity index is 857. The molecule has 1 heterocycles. The number of anilines is 2. The number of nitrogens with one attached hydrogen (secondary N) is 2. The van der Waals surface area contributed by atoms with Gasteiger partial charge in [-0.15, -0.1) is 0 Å². The minimum Gasteiger partial charge on any atom is -0.354 e. The normalized spacial score (nSPS) is 13.8. The van der Waals surface area contributed by atoms with Gasteiger partial charge < -0.3 is 10.6 Å². The smallest absolute Gasteiger partial charge is 0.274 e. The van der Waals surface area contributed by atoms with Crippen LogP contribution in [0.15, 0.2) is 35.9 Å². The lowest BCUT2D eigenvalue weighted by Crippen LogP contribution is -2.17. The van der Waals surface area contributed by atoms with E-state index in [9.17, 15) is 4.79 Å². The summed E-state index contributed by atoms with van der Waals surface area (Å²) < 4.78 is 0. The summed E-state index contributed by atoms with van der Waals surface area (Å²) in [7, 11) is 0. The van der Waals surface area contributed by atoms with E-state index in [-0.39, 0.29) is 5.91 Å². The summed E-state index contributed by atoms with van der Waals surface area (Å²) in [6.07, 6.45) is 8.33. The van der Waals surface area contributed by atoms with Gasteiger partial charge in [0.2, 0.25) is 5.95 Å². The summed E-state index contributed by atoms with van der Waals surface area (Å²) in [5.41, 5.74) is 5.61. The van der Waals surface area contributed by atoms with Gasteiger partial charge >= 0.3 is 0 Å². The van der Waals surface area contributed by atoms with E-state index in [0.29, 0.717) is 11.6 Å². The molecule has 0 saturated carbocycles. The fourth-order valence-corrected chi connectivity index (χ4v) is 3.29. The zero-order valence-corrected chi connectivity index (χ0v) is 16.4. The lowest BCUT2D eigenvalue weighted by molar-refractivity contribution is 0.102. The quantitative estimate of drug-likeness (QED) is 0.711. The van der Waals surface area contributed by atoms with E-state index in [0.717, 1.165) is 35.5 Å². The first kappa shape index (κ1) is 19.1. The molecule has 0 unspecified atom stereocenters. The predicted octanol–water partition coefficient (Wildman–Crippen LogP) is 4.96. The number of benzene rings is 1. The van der Waals surface area contributed by atoms with Crippen LogP contribution >= 0.6 is 0 Å². The molecule has 5 nitrogen and oxygen atoms in total. The van der Waals surface area contributed by atoms with E-state index < -0.39 is 0 Å². The molecule has 1 aromatic carbocycles. The molecule has 0 radical (unpaired) electrons. The van der Waals surface area contributed by atoms with Crippen LogP contribution in [0, 0.1) is 20.8 Å². The third kappa shape index (κ3) is 5.39. The number of carbonyl (C=O) groups excluding carboxylic acids is 1. The average molecular weight is 364 g/mol. The van der Waals surface area contributed by atoms with Crippen molar-refractivity contribution in [3.8, 4) is 0 Å². The van der Waals surface area contributed by atoms with Gasteiger partial charge in [0.15, 0.2) is 0 Å². The van der Waals surface area contributed by atoms with E-state index in [1.54, 1.807) is 6.07 Å². The molecule has 1 aliphatic carbocycles. The van der Waals surface area contributed by atoms with Gasteiger partial charge in [-0.3, -0.25) is 4.79 Å². The first-order valence-electron chi connectivity index (χ1n) is 9.67. The van der Waals surface area contributed by atoms with Gasteiger partial charge in [0.1, 0.15) is 5.69 Å². The lowest BCUT2D eigenvalue weighted by Gasteiger charge is -2.13. The number of hydrogen-bond donors (Lipinski definition) is 2. The summed E-state index contributed by atoms with van der Waals surface area (Å²) in [5.74, 6) is 0.296. The Morgan fingerprint density at radius 3 is 2.74 bits per heavy atom. The van der Waals surface area contributed by atoms with Crippen molar-refractivity contribution in [3.05, 3.63) is 58.4 Å². The molecule has 0 atom stereocenters. The maximum Gasteiger partial charge on any atom is 0.274 e. The Morgan fingerprint density at radius 1 is 1.11 bits per heavy atom. The molecule has 0 spiro atoms. The number of aryl methyl sites for hydroxylation is 3. The molecule has 3 rings (SSSR count). The Morgan fingerprint density at radius 2 is 1.96 bits per heavy atom. The van der Waals surface area contributed by atoms with Crippen molar-refractivity contribution in [3.63, 3.8) is 0 Å². The van der Waals surface area contributed by atoms with E-state index >= 15 is 0 Å². The van der Waals surface area contributed by atoms with Crippen LogP contribution in [0.4, 0.5) is 11.6 Å². The zero-order chi connectivity index (χ0) is 19.2. The molecule has 1 aromatic heterocycles. The molecule has 0 fully saturated rings. The molecule has 142 valence electrons. The fourth-order valence-electron chi connectivity index (χ4n) is 3.29. The van der Waals surface area contributed by atoms with E-state index in [1.807, 2.05) is 39.0 Å². The Balaban J connectivity index is 1.66. The third-order valence-electron chi connectivity index (χ3n) is 4.84. The molecule has 27 heavy (non-hydrogen) atoms. The van der Waals surface area contributed by atoms with E-state index in [4.69, 9.17) is 0 Å². The highest BCUT2D eigenvalue weighted by atomic mass is 16.1. The molecule has 0 bridgehead atoms. The van der Waals surface area contributed by atoms with Crippen LogP contribution in [0.3, 0.4) is 0 Å². The van der Waals surface area contributed by atoms with Crippen molar-refractivity contribution < 1.29 is 4.79 Å². The van der Waals surface area contributed by atoms with Gasteiger partial charge in [0, 0.05) is 17.9 Å². The number of nitrogens with zero attached hydrogens (tertiary/aromatic N) is 2. The summed E-state index contributed by atoms with van der Waals surface area (Å²) in [4.78, 5) is 21.5. The fraction of sp³-hybridized carbons (Fsp3) is 0.409. The largest absolute Gasteiger partial charge is 0.354 e. The second kappa shape index (κ2) is 8.80. The summed E-state index contributed by atoms with van der Waals surface area (Å²) in [5, 5.41) is 6.23. The third-order valence-corrected chi connectivity index (χ3v) is 4.84. The standard InChI is InChI=1S/C22H28N4O/c1-15-9-10-16(2)19(13-15)25-21(27)20-14-17(3)24-22(26-20)23-12-11-18-7-5-4-6-8-18/h7,9-10,13-14H,4-6,8,11-12H2,1-3H3,(H,25,27)(H,23,24,26). The SMILES string of the molecule is Cc1ccc(C)c(NC(=O)c2cc(C)nc(NCCC3=CCCCC3)n2)c1. The Kier molecular flexibility index (Phi) is 6.22. The van der Waals surface area contributed by atoms with Gasteiger partial charge in [-0.1, -0.05) is 23.8 Å². The molecule has 2 N–H and O–H groups in total. The van der Waals surface area contributed by atoms with Crippen LogP contribution < -0.4 is 10.6 Å². The number of hydrogen-bond acceptors (Lipinski definition) is 4. The van der Waals surface area contributed by atoms with Crippen LogP contribution in [0.25, 0.3) is 0 Å². The van der Waals surface area contributed by atoms with E-state index in [1.165, 1.54) is 31.3 Å². The van der Waals surface area contributed by atoms with Gasteiger partial charge in [0.25, 0.3) is 5.91 Å². The molecular formula is C22H28N4O. The number of amides is 1. The van der Waals surface area contributed by atoms with Crippen LogP contribution in [0.5, 0.6) is 0 Å². The van der Waals surface area contributed by atoms with E-state index in [2.05, 4.69) is 26.7 Å². The van der Waals surface area contributed by atoms with Crippen molar-refractivity contribution in [1.82, 2.24) is 9.97 Å². The van der Waals surface area contributed by atoms with Crippen molar-refractivity contribution >= 4 is 17.5 Å². The molecule has 1 aliphatic rings. The summed E-state index contributed by atoms with van der Waals surface area (Å²) in [6.45, 7) is 6.65. The topological polar surface area (TPSA) is 66.9 Å². The number of rotatable bonds is 6. The monoisotopic (exact) mass is 364 g/mol. The maximum absolute atomic E-state index is 12.7. The highest BCUT2D eigenvalue weighted by Gasteiger charge is 2.12. The molecule has 1 amide bonds. The maximum atomic E-state index is 12.7. The van der Waals surface area contributed by atoms with Gasteiger partial charge in [-0.25, -0.2) is 9.97 Å². The van der Waals surface area contributed by atoms with Crippen LogP contribution in [0.1, 0.15) is 59.4 Å². The molecule has 0 saturated heterocycles. The number of aromatic nitrogens is 2. The van der Waals surface area contributed by atoms with Crippen LogP contribution in [-0.2, 0) is 0 Å². The van der Waals surface area contributed by atoms with Crippen LogP contribution in [0.2, 0.25) is 0 Å². The zero-order valence-electron chi connectivity index (χ0n) is 16.4. The second-order valence-electron chi connectivity index (χ2n) is 7.28. The average Bonchev–Trinajstić information content (AvgIpc) is 2.65.